The highest BCUT2D eigenvalue weighted by Crippen LogP contribution is 2.20. The quantitative estimate of drug-likeness (QED) is 0.911. The standard InChI is InChI=1S/C14H9ClFNO3/c15-9-6-4-8(5-7-9)13(18)17-11-3-1-2-10(16)12(11)14(19)20/h1-7H,(H,17,18)(H,19,20). The summed E-state index contributed by atoms with van der Waals surface area (Å²) in [7, 11) is 0. The molecule has 0 heterocycles. The number of halogens is 2. The predicted molar refractivity (Wildman–Crippen MR) is 72.8 cm³/mol. The molecule has 1 amide bonds. The highest BCUT2D eigenvalue weighted by molar-refractivity contribution is 6.30. The zero-order valence-corrected chi connectivity index (χ0v) is 10.8. The van der Waals surface area contributed by atoms with E-state index in [0.717, 1.165) is 6.07 Å². The Morgan fingerprint density at radius 2 is 1.75 bits per heavy atom. The molecule has 2 aromatic rings. The van der Waals surface area contributed by atoms with Crippen LogP contribution in [0.1, 0.15) is 20.7 Å². The van der Waals surface area contributed by atoms with E-state index >= 15 is 0 Å². The number of hydrogen-bond donors (Lipinski definition) is 2. The number of anilines is 1. The van der Waals surface area contributed by atoms with Crippen molar-refractivity contribution in [3.8, 4) is 0 Å². The molecule has 0 saturated heterocycles. The monoisotopic (exact) mass is 293 g/mol. The third-order valence-corrected chi connectivity index (χ3v) is 2.83. The topological polar surface area (TPSA) is 66.4 Å². The van der Waals surface area contributed by atoms with Gasteiger partial charge in [0.25, 0.3) is 5.91 Å². The zero-order valence-electron chi connectivity index (χ0n) is 10.1. The van der Waals surface area contributed by atoms with Gasteiger partial charge < -0.3 is 10.4 Å². The Bertz CT molecular complexity index is 671. The molecule has 0 spiro atoms. The third kappa shape index (κ3) is 2.95. The van der Waals surface area contributed by atoms with E-state index in [4.69, 9.17) is 16.7 Å². The number of aromatic carboxylic acids is 1. The number of amides is 1. The molecule has 0 aromatic heterocycles. The number of carboxylic acids is 1. The van der Waals surface area contributed by atoms with Crippen LogP contribution in [0.5, 0.6) is 0 Å². The molecule has 0 saturated carbocycles. The first-order valence-corrected chi connectivity index (χ1v) is 5.95. The maximum atomic E-state index is 13.5. The fourth-order valence-corrected chi connectivity index (χ4v) is 1.77. The highest BCUT2D eigenvalue weighted by atomic mass is 35.5. The van der Waals surface area contributed by atoms with Crippen LogP contribution in [0.2, 0.25) is 5.02 Å². The summed E-state index contributed by atoms with van der Waals surface area (Å²) in [4.78, 5) is 22.9. The van der Waals surface area contributed by atoms with Crippen LogP contribution in [0, 0.1) is 5.82 Å². The van der Waals surface area contributed by atoms with E-state index in [9.17, 15) is 14.0 Å². The van der Waals surface area contributed by atoms with Gasteiger partial charge in [-0.15, -0.1) is 0 Å². The number of carbonyl (C=O) groups excluding carboxylic acids is 1. The van der Waals surface area contributed by atoms with E-state index in [0.29, 0.717) is 5.02 Å². The van der Waals surface area contributed by atoms with Crippen LogP contribution in [0.3, 0.4) is 0 Å². The summed E-state index contributed by atoms with van der Waals surface area (Å²) >= 11 is 5.71. The minimum atomic E-state index is -1.45. The van der Waals surface area contributed by atoms with Crippen LogP contribution in [0.15, 0.2) is 42.5 Å². The maximum Gasteiger partial charge on any atom is 0.340 e. The summed E-state index contributed by atoms with van der Waals surface area (Å²) in [6.07, 6.45) is 0. The first-order chi connectivity index (χ1) is 9.49. The molecule has 2 N–H and O–H groups in total. The summed E-state index contributed by atoms with van der Waals surface area (Å²) in [5, 5.41) is 11.8. The third-order valence-electron chi connectivity index (χ3n) is 2.58. The molecule has 2 rings (SSSR count). The van der Waals surface area contributed by atoms with E-state index in [2.05, 4.69) is 5.32 Å². The number of rotatable bonds is 3. The SMILES string of the molecule is O=C(Nc1cccc(F)c1C(=O)O)c1ccc(Cl)cc1. The van der Waals surface area contributed by atoms with Crippen LogP contribution >= 0.6 is 11.6 Å². The fraction of sp³-hybridized carbons (Fsp3) is 0. The molecule has 0 aliphatic heterocycles. The zero-order chi connectivity index (χ0) is 14.7. The number of benzene rings is 2. The Morgan fingerprint density at radius 1 is 1.10 bits per heavy atom. The van der Waals surface area contributed by atoms with Gasteiger partial charge in [-0.25, -0.2) is 9.18 Å². The summed E-state index contributed by atoms with van der Waals surface area (Å²) in [6, 6.07) is 9.68. The molecule has 0 unspecified atom stereocenters. The molecule has 102 valence electrons. The lowest BCUT2D eigenvalue weighted by atomic mass is 10.1. The largest absolute Gasteiger partial charge is 0.478 e. The van der Waals surface area contributed by atoms with Gasteiger partial charge in [-0.1, -0.05) is 17.7 Å². The molecular formula is C14H9ClFNO3. The second-order valence-corrected chi connectivity index (χ2v) is 4.37. The molecule has 20 heavy (non-hydrogen) atoms. The highest BCUT2D eigenvalue weighted by Gasteiger charge is 2.17. The van der Waals surface area contributed by atoms with Gasteiger partial charge in [0.1, 0.15) is 11.4 Å². The molecule has 6 heteroatoms. The average molecular weight is 294 g/mol. The molecule has 0 atom stereocenters. The van der Waals surface area contributed by atoms with Crippen molar-refractivity contribution in [3.05, 3.63) is 64.4 Å². The van der Waals surface area contributed by atoms with Crippen molar-refractivity contribution in [2.45, 2.75) is 0 Å². The van der Waals surface area contributed by atoms with Crippen LogP contribution in [0.25, 0.3) is 0 Å². The normalized spacial score (nSPS) is 10.1. The summed E-state index contributed by atoms with van der Waals surface area (Å²) in [5.74, 6) is -2.91. The van der Waals surface area contributed by atoms with Gasteiger partial charge in [0.15, 0.2) is 0 Å². The van der Waals surface area contributed by atoms with Crippen molar-refractivity contribution in [2.24, 2.45) is 0 Å². The van der Waals surface area contributed by atoms with E-state index < -0.39 is 23.3 Å². The van der Waals surface area contributed by atoms with E-state index in [1.807, 2.05) is 0 Å². The minimum Gasteiger partial charge on any atom is -0.478 e. The van der Waals surface area contributed by atoms with Crippen molar-refractivity contribution in [2.75, 3.05) is 5.32 Å². The number of carbonyl (C=O) groups is 2. The number of hydrogen-bond acceptors (Lipinski definition) is 2. The molecule has 0 aliphatic rings. The smallest absolute Gasteiger partial charge is 0.340 e. The number of nitrogens with one attached hydrogen (secondary N) is 1. The van der Waals surface area contributed by atoms with Gasteiger partial charge in [-0.05, 0) is 36.4 Å². The molecule has 2 aromatic carbocycles. The van der Waals surface area contributed by atoms with Crippen molar-refractivity contribution in [1.82, 2.24) is 0 Å². The van der Waals surface area contributed by atoms with Crippen molar-refractivity contribution in [1.29, 1.82) is 0 Å². The Morgan fingerprint density at radius 3 is 2.35 bits per heavy atom. The summed E-state index contributed by atoms with van der Waals surface area (Å²) in [5.41, 5.74) is -0.387. The molecule has 0 bridgehead atoms. The van der Waals surface area contributed by atoms with Crippen molar-refractivity contribution >= 4 is 29.2 Å². The van der Waals surface area contributed by atoms with Gasteiger partial charge >= 0.3 is 5.97 Å². The Kier molecular flexibility index (Phi) is 4.00. The lowest BCUT2D eigenvalue weighted by Gasteiger charge is -2.09. The summed E-state index contributed by atoms with van der Waals surface area (Å²) in [6.45, 7) is 0. The van der Waals surface area contributed by atoms with Crippen molar-refractivity contribution in [3.63, 3.8) is 0 Å². The van der Waals surface area contributed by atoms with E-state index in [1.54, 1.807) is 0 Å². The molecular weight excluding hydrogens is 285 g/mol. The minimum absolute atomic E-state index is 0.0996. The van der Waals surface area contributed by atoms with Gasteiger partial charge in [0, 0.05) is 10.6 Å². The molecule has 0 fully saturated rings. The first-order valence-electron chi connectivity index (χ1n) is 5.58. The Labute approximate surface area is 118 Å². The molecule has 0 aliphatic carbocycles. The summed E-state index contributed by atoms with van der Waals surface area (Å²) < 4.78 is 13.5. The van der Waals surface area contributed by atoms with E-state index in [1.165, 1.54) is 36.4 Å². The van der Waals surface area contributed by atoms with Crippen LogP contribution in [-0.2, 0) is 0 Å². The van der Waals surface area contributed by atoms with Gasteiger partial charge in [-0.3, -0.25) is 4.79 Å². The van der Waals surface area contributed by atoms with Crippen LogP contribution in [-0.4, -0.2) is 17.0 Å². The first kappa shape index (κ1) is 14.0. The lowest BCUT2D eigenvalue weighted by Crippen LogP contribution is -2.15. The van der Waals surface area contributed by atoms with Crippen LogP contribution in [0.4, 0.5) is 10.1 Å². The average Bonchev–Trinajstić information content (AvgIpc) is 2.39. The molecule has 0 radical (unpaired) electrons. The number of carboxylic acid groups (broad SMARTS) is 1. The predicted octanol–water partition coefficient (Wildman–Crippen LogP) is 3.43. The molecule has 4 nitrogen and oxygen atoms in total. The fourth-order valence-electron chi connectivity index (χ4n) is 1.64. The van der Waals surface area contributed by atoms with Gasteiger partial charge in [0.05, 0.1) is 5.69 Å². The second kappa shape index (κ2) is 5.71. The lowest BCUT2D eigenvalue weighted by molar-refractivity contribution is 0.0693. The van der Waals surface area contributed by atoms with Gasteiger partial charge in [-0.2, -0.15) is 0 Å². The van der Waals surface area contributed by atoms with Crippen LogP contribution < -0.4 is 5.32 Å². The Balaban J connectivity index is 2.30. The van der Waals surface area contributed by atoms with Crippen molar-refractivity contribution < 1.29 is 19.1 Å². The Hall–Kier alpha value is -2.40. The van der Waals surface area contributed by atoms with E-state index in [-0.39, 0.29) is 11.3 Å². The maximum absolute atomic E-state index is 13.5. The second-order valence-electron chi connectivity index (χ2n) is 3.93. The van der Waals surface area contributed by atoms with Gasteiger partial charge in [0.2, 0.25) is 0 Å².